The van der Waals surface area contributed by atoms with E-state index < -0.39 is 0 Å². The van der Waals surface area contributed by atoms with Crippen LogP contribution < -0.4 is 5.32 Å². The lowest BCUT2D eigenvalue weighted by atomic mass is 10.3. The Morgan fingerprint density at radius 3 is 2.71 bits per heavy atom. The van der Waals surface area contributed by atoms with Gasteiger partial charge in [0.05, 0.1) is 5.69 Å². The van der Waals surface area contributed by atoms with Crippen molar-refractivity contribution in [3.63, 3.8) is 0 Å². The first-order chi connectivity index (χ1) is 8.04. The molecule has 3 nitrogen and oxygen atoms in total. The average Bonchev–Trinajstić information content (AvgIpc) is 2.60. The van der Waals surface area contributed by atoms with Crippen molar-refractivity contribution in [3.8, 4) is 0 Å². The minimum atomic E-state index is 0.455. The molecule has 0 amide bonds. The lowest BCUT2D eigenvalue weighted by Crippen LogP contribution is -2.19. The highest BCUT2D eigenvalue weighted by Gasteiger charge is 2.10. The minimum Gasteiger partial charge on any atom is -0.353 e. The predicted octanol–water partition coefficient (Wildman–Crippen LogP) is 3.72. The summed E-state index contributed by atoms with van der Waals surface area (Å²) in [5, 5.41) is 3.51. The summed E-state index contributed by atoms with van der Waals surface area (Å²) in [5.74, 6) is 3.42. The van der Waals surface area contributed by atoms with E-state index in [4.69, 9.17) is 0 Å². The normalized spacial score (nSPS) is 13.1. The number of rotatable bonds is 7. The zero-order valence-electron chi connectivity index (χ0n) is 11.7. The first-order valence-corrected chi connectivity index (χ1v) is 7.59. The van der Waals surface area contributed by atoms with Gasteiger partial charge in [-0.3, -0.25) is 0 Å². The molecular formula is C13H25N3S. The Morgan fingerprint density at radius 1 is 1.41 bits per heavy atom. The lowest BCUT2D eigenvalue weighted by molar-refractivity contribution is 0.597. The summed E-state index contributed by atoms with van der Waals surface area (Å²) in [4.78, 5) is 4.55. The molecule has 1 aromatic rings. The number of nitrogens with one attached hydrogen (secondary N) is 1. The Bertz CT molecular complexity index is 333. The molecule has 1 N–H and O–H groups in total. The van der Waals surface area contributed by atoms with Crippen molar-refractivity contribution >= 4 is 17.7 Å². The van der Waals surface area contributed by atoms with Crippen LogP contribution in [0.5, 0.6) is 0 Å². The smallest absolute Gasteiger partial charge is 0.203 e. The zero-order valence-corrected chi connectivity index (χ0v) is 12.5. The molecule has 0 aliphatic rings. The summed E-state index contributed by atoms with van der Waals surface area (Å²) in [7, 11) is 0. The Hall–Kier alpha value is -0.640. The molecule has 1 aromatic heterocycles. The first kappa shape index (κ1) is 14.4. The second-order valence-corrected chi connectivity index (χ2v) is 6.13. The van der Waals surface area contributed by atoms with Gasteiger partial charge in [-0.15, -0.1) is 0 Å². The Balaban J connectivity index is 2.55. The number of imidazole rings is 1. The van der Waals surface area contributed by atoms with Crippen LogP contribution in [-0.4, -0.2) is 27.1 Å². The van der Waals surface area contributed by atoms with Crippen LogP contribution >= 0.6 is 11.8 Å². The van der Waals surface area contributed by atoms with Gasteiger partial charge in [0.2, 0.25) is 5.95 Å². The van der Waals surface area contributed by atoms with Crippen molar-refractivity contribution in [2.45, 2.75) is 53.1 Å². The largest absolute Gasteiger partial charge is 0.353 e. The van der Waals surface area contributed by atoms with Crippen LogP contribution in [-0.2, 0) is 0 Å². The van der Waals surface area contributed by atoms with Gasteiger partial charge in [-0.2, -0.15) is 11.8 Å². The summed E-state index contributed by atoms with van der Waals surface area (Å²) in [6, 6.07) is 0.935. The van der Waals surface area contributed by atoms with Crippen molar-refractivity contribution in [1.82, 2.24) is 9.55 Å². The maximum atomic E-state index is 4.55. The number of hydrogen-bond acceptors (Lipinski definition) is 3. The Kier molecular flexibility index (Phi) is 5.89. The molecular weight excluding hydrogens is 230 g/mol. The number of thioether (sulfide) groups is 1. The van der Waals surface area contributed by atoms with Crippen molar-refractivity contribution < 1.29 is 0 Å². The molecule has 0 aliphatic carbocycles. The van der Waals surface area contributed by atoms with Gasteiger partial charge in [-0.05, 0) is 45.6 Å². The molecule has 0 bridgehead atoms. The molecule has 1 rings (SSSR count). The van der Waals surface area contributed by atoms with E-state index in [0.29, 0.717) is 12.1 Å². The second-order valence-electron chi connectivity index (χ2n) is 4.74. The fourth-order valence-electron chi connectivity index (χ4n) is 1.71. The molecule has 0 saturated carbocycles. The summed E-state index contributed by atoms with van der Waals surface area (Å²) >= 11 is 2.00. The van der Waals surface area contributed by atoms with Crippen LogP contribution in [0.2, 0.25) is 0 Å². The zero-order chi connectivity index (χ0) is 12.8. The van der Waals surface area contributed by atoms with E-state index in [1.807, 2.05) is 18.7 Å². The maximum absolute atomic E-state index is 4.55. The third kappa shape index (κ3) is 4.62. The molecule has 0 saturated heterocycles. The molecule has 0 spiro atoms. The van der Waals surface area contributed by atoms with Crippen molar-refractivity contribution in [3.05, 3.63) is 11.9 Å². The van der Waals surface area contributed by atoms with Crippen molar-refractivity contribution in [2.24, 2.45) is 0 Å². The lowest BCUT2D eigenvalue weighted by Gasteiger charge is -2.17. The maximum Gasteiger partial charge on any atom is 0.203 e. The van der Waals surface area contributed by atoms with Gasteiger partial charge >= 0.3 is 0 Å². The summed E-state index contributed by atoms with van der Waals surface area (Å²) in [6.45, 7) is 10.8. The molecule has 0 aliphatic heterocycles. The SMILES string of the molecule is CCSCCC(C)Nc1nc(C)cn1C(C)C. The number of aromatic nitrogens is 2. The Labute approximate surface area is 109 Å². The number of anilines is 1. The van der Waals surface area contributed by atoms with Crippen LogP contribution in [0.3, 0.4) is 0 Å². The predicted molar refractivity (Wildman–Crippen MR) is 78.0 cm³/mol. The Morgan fingerprint density at radius 2 is 2.12 bits per heavy atom. The second kappa shape index (κ2) is 6.94. The molecule has 0 radical (unpaired) electrons. The minimum absolute atomic E-state index is 0.455. The third-order valence-electron chi connectivity index (χ3n) is 2.68. The third-order valence-corrected chi connectivity index (χ3v) is 3.62. The van der Waals surface area contributed by atoms with Gasteiger partial charge in [0, 0.05) is 18.3 Å². The van der Waals surface area contributed by atoms with E-state index in [9.17, 15) is 0 Å². The number of hydrogen-bond donors (Lipinski definition) is 1. The van der Waals surface area contributed by atoms with Gasteiger partial charge in [0.1, 0.15) is 0 Å². The summed E-state index contributed by atoms with van der Waals surface area (Å²) in [5.41, 5.74) is 1.08. The quantitative estimate of drug-likeness (QED) is 0.753. The van der Waals surface area contributed by atoms with Crippen LogP contribution in [0, 0.1) is 6.92 Å². The number of nitrogens with zero attached hydrogens (tertiary/aromatic N) is 2. The molecule has 1 atom stereocenters. The summed E-state index contributed by atoms with van der Waals surface area (Å²) in [6.07, 6.45) is 3.29. The van der Waals surface area contributed by atoms with E-state index in [0.717, 1.165) is 11.6 Å². The van der Waals surface area contributed by atoms with Crippen LogP contribution in [0.25, 0.3) is 0 Å². The number of aryl methyl sites for hydroxylation is 1. The average molecular weight is 255 g/mol. The van der Waals surface area contributed by atoms with Gasteiger partial charge in [0.15, 0.2) is 0 Å². The molecule has 0 aromatic carbocycles. The molecule has 1 unspecified atom stereocenters. The van der Waals surface area contributed by atoms with E-state index >= 15 is 0 Å². The van der Waals surface area contributed by atoms with Crippen LogP contribution in [0.1, 0.15) is 45.9 Å². The van der Waals surface area contributed by atoms with Crippen LogP contribution in [0.4, 0.5) is 5.95 Å². The van der Waals surface area contributed by atoms with Gasteiger partial charge < -0.3 is 9.88 Å². The first-order valence-electron chi connectivity index (χ1n) is 6.44. The monoisotopic (exact) mass is 255 g/mol. The standard InChI is InChI=1S/C13H25N3S/c1-6-17-8-7-11(4)14-13-15-12(5)9-16(13)10(2)3/h9-11H,6-8H2,1-5H3,(H,14,15). The molecule has 17 heavy (non-hydrogen) atoms. The fourth-order valence-corrected chi connectivity index (χ4v) is 2.52. The van der Waals surface area contributed by atoms with Gasteiger partial charge in [-0.1, -0.05) is 6.92 Å². The van der Waals surface area contributed by atoms with E-state index in [2.05, 4.69) is 48.8 Å². The molecule has 1 heterocycles. The van der Waals surface area contributed by atoms with Crippen molar-refractivity contribution in [2.75, 3.05) is 16.8 Å². The fraction of sp³-hybridized carbons (Fsp3) is 0.769. The highest BCUT2D eigenvalue weighted by atomic mass is 32.2. The van der Waals surface area contributed by atoms with Crippen molar-refractivity contribution in [1.29, 1.82) is 0 Å². The van der Waals surface area contributed by atoms with E-state index in [-0.39, 0.29) is 0 Å². The molecule has 4 heteroatoms. The van der Waals surface area contributed by atoms with Gasteiger partial charge in [-0.25, -0.2) is 4.98 Å². The summed E-state index contributed by atoms with van der Waals surface area (Å²) < 4.78 is 2.21. The van der Waals surface area contributed by atoms with Gasteiger partial charge in [0.25, 0.3) is 0 Å². The highest BCUT2D eigenvalue weighted by Crippen LogP contribution is 2.17. The van der Waals surface area contributed by atoms with E-state index in [1.165, 1.54) is 17.9 Å². The van der Waals surface area contributed by atoms with E-state index in [1.54, 1.807) is 0 Å². The molecule has 0 fully saturated rings. The molecule has 98 valence electrons. The van der Waals surface area contributed by atoms with Crippen LogP contribution in [0.15, 0.2) is 6.20 Å². The highest BCUT2D eigenvalue weighted by molar-refractivity contribution is 7.99. The topological polar surface area (TPSA) is 29.9 Å².